The fraction of sp³-hybridized carbons (Fsp3) is 0.0526. The number of carbonyl (C=O) groups excluding carboxylic acids is 1. The standard InChI is InChI=1S/C19H14BrNO2S2/c1-2-11-23-16-9-3-13(4-10-16)12-17-18(22)21(19(24)25-17)15-7-5-14(20)6-8-15/h2-10,12H,1,11H2/b17-12+. The van der Waals surface area contributed by atoms with E-state index in [0.717, 1.165) is 21.5 Å². The van der Waals surface area contributed by atoms with Crippen molar-refractivity contribution < 1.29 is 9.53 Å². The molecule has 1 saturated heterocycles. The molecule has 1 aliphatic heterocycles. The van der Waals surface area contributed by atoms with Crippen LogP contribution < -0.4 is 9.64 Å². The number of thioether (sulfide) groups is 1. The molecule has 3 nitrogen and oxygen atoms in total. The maximum Gasteiger partial charge on any atom is 0.270 e. The Morgan fingerprint density at radius 1 is 1.16 bits per heavy atom. The fourth-order valence-corrected chi connectivity index (χ4v) is 3.81. The van der Waals surface area contributed by atoms with Gasteiger partial charge >= 0.3 is 0 Å². The molecule has 1 aliphatic rings. The molecule has 0 bridgehead atoms. The molecule has 6 heteroatoms. The lowest BCUT2D eigenvalue weighted by atomic mass is 10.2. The molecule has 0 aliphatic carbocycles. The van der Waals surface area contributed by atoms with Gasteiger partial charge in [0.25, 0.3) is 5.91 Å². The van der Waals surface area contributed by atoms with E-state index in [1.54, 1.807) is 11.0 Å². The summed E-state index contributed by atoms with van der Waals surface area (Å²) in [7, 11) is 0. The van der Waals surface area contributed by atoms with Gasteiger partial charge in [-0.3, -0.25) is 9.69 Å². The Balaban J connectivity index is 1.80. The maximum absolute atomic E-state index is 12.7. The molecule has 3 rings (SSSR count). The van der Waals surface area contributed by atoms with Crippen LogP contribution in [0, 0.1) is 0 Å². The Morgan fingerprint density at radius 2 is 1.84 bits per heavy atom. The van der Waals surface area contributed by atoms with Gasteiger partial charge in [-0.2, -0.15) is 0 Å². The normalized spacial score (nSPS) is 15.7. The van der Waals surface area contributed by atoms with Gasteiger partial charge in [0.2, 0.25) is 0 Å². The van der Waals surface area contributed by atoms with Gasteiger partial charge in [0.1, 0.15) is 12.4 Å². The van der Waals surface area contributed by atoms with Gasteiger partial charge in [0, 0.05) is 4.47 Å². The van der Waals surface area contributed by atoms with Crippen molar-refractivity contribution in [3.8, 4) is 5.75 Å². The zero-order valence-electron chi connectivity index (χ0n) is 13.1. The predicted octanol–water partition coefficient (Wildman–Crippen LogP) is 5.42. The number of thiocarbonyl (C=S) groups is 1. The van der Waals surface area contributed by atoms with Crippen LogP contribution in [0.15, 0.2) is 70.6 Å². The van der Waals surface area contributed by atoms with Crippen molar-refractivity contribution in [1.29, 1.82) is 0 Å². The summed E-state index contributed by atoms with van der Waals surface area (Å²) in [4.78, 5) is 14.9. The SMILES string of the molecule is C=CCOc1ccc(/C=C2/SC(=S)N(c3ccc(Br)cc3)C2=O)cc1. The molecule has 1 amide bonds. The van der Waals surface area contributed by atoms with Crippen molar-refractivity contribution in [3.63, 3.8) is 0 Å². The number of benzene rings is 2. The second kappa shape index (κ2) is 7.99. The van der Waals surface area contributed by atoms with E-state index < -0.39 is 0 Å². The quantitative estimate of drug-likeness (QED) is 0.359. The summed E-state index contributed by atoms with van der Waals surface area (Å²) >= 11 is 10.1. The zero-order chi connectivity index (χ0) is 17.8. The van der Waals surface area contributed by atoms with Crippen LogP contribution in [0.2, 0.25) is 0 Å². The Kier molecular flexibility index (Phi) is 5.73. The monoisotopic (exact) mass is 431 g/mol. The second-order valence-electron chi connectivity index (χ2n) is 5.16. The molecule has 2 aromatic rings. The van der Waals surface area contributed by atoms with Gasteiger partial charge in [-0.05, 0) is 48.0 Å². The molecule has 25 heavy (non-hydrogen) atoms. The van der Waals surface area contributed by atoms with Crippen LogP contribution >= 0.6 is 39.9 Å². The minimum Gasteiger partial charge on any atom is -0.490 e. The van der Waals surface area contributed by atoms with E-state index in [1.165, 1.54) is 11.8 Å². The Bertz CT molecular complexity index is 845. The summed E-state index contributed by atoms with van der Waals surface area (Å²) in [5.41, 5.74) is 1.68. The summed E-state index contributed by atoms with van der Waals surface area (Å²) in [5.74, 6) is 0.656. The van der Waals surface area contributed by atoms with E-state index in [9.17, 15) is 4.79 Å². The summed E-state index contributed by atoms with van der Waals surface area (Å²) in [5, 5.41) is 0. The lowest BCUT2D eigenvalue weighted by Gasteiger charge is -2.14. The molecular weight excluding hydrogens is 418 g/mol. The topological polar surface area (TPSA) is 29.5 Å². The van der Waals surface area contributed by atoms with Crippen LogP contribution in [0.25, 0.3) is 6.08 Å². The average Bonchev–Trinajstić information content (AvgIpc) is 2.89. The minimum atomic E-state index is -0.107. The number of nitrogens with zero attached hydrogens (tertiary/aromatic N) is 1. The third-order valence-corrected chi connectivity index (χ3v) is 5.26. The van der Waals surface area contributed by atoms with Crippen molar-refractivity contribution in [2.45, 2.75) is 0 Å². The molecule has 0 unspecified atom stereocenters. The van der Waals surface area contributed by atoms with E-state index >= 15 is 0 Å². The van der Waals surface area contributed by atoms with E-state index in [-0.39, 0.29) is 5.91 Å². The Morgan fingerprint density at radius 3 is 2.48 bits per heavy atom. The van der Waals surface area contributed by atoms with Crippen LogP contribution in [-0.4, -0.2) is 16.8 Å². The summed E-state index contributed by atoms with van der Waals surface area (Å²) in [6.07, 6.45) is 3.54. The molecule has 2 aromatic carbocycles. The van der Waals surface area contributed by atoms with E-state index in [0.29, 0.717) is 15.8 Å². The smallest absolute Gasteiger partial charge is 0.270 e. The van der Waals surface area contributed by atoms with Crippen LogP contribution in [0.1, 0.15) is 5.56 Å². The number of hydrogen-bond donors (Lipinski definition) is 0. The minimum absolute atomic E-state index is 0.107. The number of anilines is 1. The first-order chi connectivity index (χ1) is 12.1. The lowest BCUT2D eigenvalue weighted by molar-refractivity contribution is -0.113. The second-order valence-corrected chi connectivity index (χ2v) is 7.75. The molecule has 1 heterocycles. The highest BCUT2D eigenvalue weighted by molar-refractivity contribution is 9.10. The van der Waals surface area contributed by atoms with Crippen molar-refractivity contribution in [2.75, 3.05) is 11.5 Å². The van der Waals surface area contributed by atoms with Crippen LogP contribution in [0.3, 0.4) is 0 Å². The number of carbonyl (C=O) groups is 1. The van der Waals surface area contributed by atoms with Gasteiger partial charge in [0.15, 0.2) is 4.32 Å². The zero-order valence-corrected chi connectivity index (χ0v) is 16.4. The number of amides is 1. The first-order valence-electron chi connectivity index (χ1n) is 7.46. The van der Waals surface area contributed by atoms with Crippen molar-refractivity contribution >= 4 is 61.9 Å². The first-order valence-corrected chi connectivity index (χ1v) is 9.47. The Hall–Kier alpha value is -1.89. The molecule has 0 N–H and O–H groups in total. The molecule has 0 atom stereocenters. The van der Waals surface area contributed by atoms with Crippen LogP contribution in [0.5, 0.6) is 5.75 Å². The van der Waals surface area contributed by atoms with Crippen molar-refractivity contribution in [3.05, 3.63) is 76.1 Å². The summed E-state index contributed by atoms with van der Waals surface area (Å²) in [6.45, 7) is 4.08. The largest absolute Gasteiger partial charge is 0.490 e. The fourth-order valence-electron chi connectivity index (χ4n) is 2.25. The molecular formula is C19H14BrNO2S2. The van der Waals surface area contributed by atoms with E-state index in [4.69, 9.17) is 17.0 Å². The van der Waals surface area contributed by atoms with Gasteiger partial charge in [0.05, 0.1) is 10.6 Å². The highest BCUT2D eigenvalue weighted by Crippen LogP contribution is 2.36. The first kappa shape index (κ1) is 17.9. The van der Waals surface area contributed by atoms with Crippen LogP contribution in [0.4, 0.5) is 5.69 Å². The molecule has 1 fully saturated rings. The third kappa shape index (κ3) is 4.21. The van der Waals surface area contributed by atoms with Crippen molar-refractivity contribution in [1.82, 2.24) is 0 Å². The number of hydrogen-bond acceptors (Lipinski definition) is 4. The van der Waals surface area contributed by atoms with Gasteiger partial charge in [-0.25, -0.2) is 0 Å². The molecule has 0 radical (unpaired) electrons. The highest BCUT2D eigenvalue weighted by atomic mass is 79.9. The Labute approximate surface area is 164 Å². The predicted molar refractivity (Wildman–Crippen MR) is 112 cm³/mol. The molecule has 0 aromatic heterocycles. The molecule has 0 spiro atoms. The van der Waals surface area contributed by atoms with Gasteiger partial charge in [-0.15, -0.1) is 0 Å². The van der Waals surface area contributed by atoms with E-state index in [2.05, 4.69) is 22.5 Å². The summed E-state index contributed by atoms with van der Waals surface area (Å²) < 4.78 is 6.95. The number of rotatable bonds is 5. The van der Waals surface area contributed by atoms with Gasteiger partial charge < -0.3 is 4.74 Å². The van der Waals surface area contributed by atoms with Gasteiger partial charge in [-0.1, -0.05) is 64.7 Å². The number of ether oxygens (including phenoxy) is 1. The number of halogens is 1. The average molecular weight is 432 g/mol. The van der Waals surface area contributed by atoms with Crippen LogP contribution in [-0.2, 0) is 4.79 Å². The highest BCUT2D eigenvalue weighted by Gasteiger charge is 2.33. The van der Waals surface area contributed by atoms with E-state index in [1.807, 2.05) is 54.6 Å². The third-order valence-electron chi connectivity index (χ3n) is 3.42. The molecule has 126 valence electrons. The summed E-state index contributed by atoms with van der Waals surface area (Å²) in [6, 6.07) is 15.1. The molecule has 0 saturated carbocycles. The van der Waals surface area contributed by atoms with Crippen molar-refractivity contribution in [2.24, 2.45) is 0 Å². The lowest BCUT2D eigenvalue weighted by Crippen LogP contribution is -2.27. The maximum atomic E-state index is 12.7.